The number of hydrogen-bond acceptors (Lipinski definition) is 3. The number of aromatic nitrogens is 2. The Morgan fingerprint density at radius 2 is 2.21 bits per heavy atom. The second-order valence-electron chi connectivity index (χ2n) is 7.64. The van der Waals surface area contributed by atoms with Crippen LogP contribution in [0.4, 0.5) is 8.78 Å². The van der Waals surface area contributed by atoms with Crippen molar-refractivity contribution in [1.29, 1.82) is 0 Å². The summed E-state index contributed by atoms with van der Waals surface area (Å²) in [6.45, 7) is 4.40. The number of fused-ring (bicyclic) bond motifs is 5. The van der Waals surface area contributed by atoms with Crippen molar-refractivity contribution in [3.05, 3.63) is 28.4 Å². The molecule has 130 valence electrons. The molecule has 24 heavy (non-hydrogen) atoms. The fraction of sp³-hybridized carbons (Fsp3) is 0.647. The van der Waals surface area contributed by atoms with E-state index < -0.39 is 18.0 Å². The van der Waals surface area contributed by atoms with Gasteiger partial charge >= 0.3 is 0 Å². The van der Waals surface area contributed by atoms with Crippen LogP contribution in [-0.2, 0) is 7.05 Å². The highest BCUT2D eigenvalue weighted by Crippen LogP contribution is 2.67. The van der Waals surface area contributed by atoms with Gasteiger partial charge in [-0.2, -0.15) is 5.10 Å². The lowest BCUT2D eigenvalue weighted by Gasteiger charge is -2.42. The van der Waals surface area contributed by atoms with Gasteiger partial charge in [0, 0.05) is 24.9 Å². The van der Waals surface area contributed by atoms with Gasteiger partial charge in [0.2, 0.25) is 0 Å². The first kappa shape index (κ1) is 16.1. The molecule has 2 fully saturated rings. The largest absolute Gasteiger partial charge is 0.345 e. The molecule has 2 aliphatic carbocycles. The Morgan fingerprint density at radius 3 is 2.92 bits per heavy atom. The van der Waals surface area contributed by atoms with Crippen LogP contribution >= 0.6 is 11.8 Å². The summed E-state index contributed by atoms with van der Waals surface area (Å²) in [6, 6.07) is 0. The molecule has 1 amide bonds. The smallest absolute Gasteiger partial charge is 0.282 e. The molecule has 3 unspecified atom stereocenters. The minimum atomic E-state index is -2.75. The fourth-order valence-electron chi connectivity index (χ4n) is 5.17. The molecule has 0 aromatic carbocycles. The van der Waals surface area contributed by atoms with Gasteiger partial charge in [-0.1, -0.05) is 19.4 Å². The second-order valence-corrected chi connectivity index (χ2v) is 8.55. The van der Waals surface area contributed by atoms with Crippen LogP contribution in [-0.4, -0.2) is 27.0 Å². The zero-order chi connectivity index (χ0) is 17.3. The van der Waals surface area contributed by atoms with E-state index in [1.165, 1.54) is 16.5 Å². The molecule has 3 aliphatic rings. The van der Waals surface area contributed by atoms with E-state index in [1.807, 2.05) is 0 Å². The number of thioether (sulfide) groups is 1. The highest BCUT2D eigenvalue weighted by Gasteiger charge is 2.67. The molecule has 3 atom stereocenters. The Hall–Kier alpha value is -1.37. The van der Waals surface area contributed by atoms with Gasteiger partial charge in [-0.3, -0.25) is 9.48 Å². The first-order valence-corrected chi connectivity index (χ1v) is 9.28. The Balaban J connectivity index is 1.70. The molecular weight excluding hydrogens is 332 g/mol. The molecule has 0 radical (unpaired) electrons. The maximum absolute atomic E-state index is 13.2. The van der Waals surface area contributed by atoms with Crippen LogP contribution in [0, 0.1) is 17.3 Å². The molecule has 0 saturated heterocycles. The lowest BCUT2D eigenvalue weighted by Crippen LogP contribution is -2.57. The maximum atomic E-state index is 13.2. The lowest BCUT2D eigenvalue weighted by atomic mass is 9.72. The normalized spacial score (nSPS) is 33.0. The highest BCUT2D eigenvalue weighted by molar-refractivity contribution is 8.02. The van der Waals surface area contributed by atoms with Crippen molar-refractivity contribution in [2.45, 2.75) is 38.7 Å². The molecule has 2 heterocycles. The van der Waals surface area contributed by atoms with Gasteiger partial charge in [-0.15, -0.1) is 11.8 Å². The third kappa shape index (κ3) is 1.90. The van der Waals surface area contributed by atoms with Gasteiger partial charge in [0.25, 0.3) is 12.3 Å². The Morgan fingerprint density at radius 1 is 1.46 bits per heavy atom. The molecule has 7 heteroatoms. The maximum Gasteiger partial charge on any atom is 0.282 e. The predicted molar refractivity (Wildman–Crippen MR) is 88.9 cm³/mol. The minimum absolute atomic E-state index is 0.01000. The number of hydrogen-bond donors (Lipinski definition) is 1. The molecule has 1 aromatic rings. The topological polar surface area (TPSA) is 46.9 Å². The Labute approximate surface area is 144 Å². The zero-order valence-corrected chi connectivity index (χ0v) is 14.8. The number of alkyl halides is 2. The number of carbonyl (C=O) groups is 1. The van der Waals surface area contributed by atoms with Crippen LogP contribution in [0.1, 0.15) is 49.2 Å². The van der Waals surface area contributed by atoms with E-state index >= 15 is 0 Å². The number of nitrogens with zero attached hydrogens (tertiary/aromatic N) is 2. The molecule has 1 aliphatic heterocycles. The minimum Gasteiger partial charge on any atom is -0.345 e. The number of amides is 1. The first-order chi connectivity index (χ1) is 11.3. The van der Waals surface area contributed by atoms with Crippen molar-refractivity contribution in [3.8, 4) is 0 Å². The van der Waals surface area contributed by atoms with E-state index in [9.17, 15) is 13.6 Å². The zero-order valence-electron chi connectivity index (χ0n) is 14.0. The Kier molecular flexibility index (Phi) is 3.40. The third-order valence-corrected chi connectivity index (χ3v) is 7.34. The number of nitrogens with one attached hydrogen (secondary N) is 1. The van der Waals surface area contributed by atoms with Crippen LogP contribution in [0.5, 0.6) is 0 Å². The summed E-state index contributed by atoms with van der Waals surface area (Å²) in [7, 11) is 1.56. The Bertz CT molecular complexity index is 742. The third-order valence-electron chi connectivity index (χ3n) is 6.38. The number of aryl methyl sites for hydroxylation is 1. The quantitative estimate of drug-likeness (QED) is 0.904. The van der Waals surface area contributed by atoms with Crippen molar-refractivity contribution < 1.29 is 13.6 Å². The van der Waals surface area contributed by atoms with E-state index in [2.05, 4.69) is 29.7 Å². The van der Waals surface area contributed by atoms with Crippen LogP contribution < -0.4 is 5.32 Å². The molecule has 2 bridgehead atoms. The first-order valence-electron chi connectivity index (χ1n) is 8.23. The summed E-state index contributed by atoms with van der Waals surface area (Å²) >= 11 is 1.80. The van der Waals surface area contributed by atoms with E-state index in [0.29, 0.717) is 11.8 Å². The molecule has 1 N–H and O–H groups in total. The molecule has 2 saturated carbocycles. The van der Waals surface area contributed by atoms with Crippen LogP contribution in [0.3, 0.4) is 0 Å². The average molecular weight is 353 g/mol. The monoisotopic (exact) mass is 353 g/mol. The molecule has 0 spiro atoms. The predicted octanol–water partition coefficient (Wildman–Crippen LogP) is 3.52. The van der Waals surface area contributed by atoms with Crippen molar-refractivity contribution in [2.75, 3.05) is 5.75 Å². The van der Waals surface area contributed by atoms with Gasteiger partial charge in [0.05, 0.1) is 11.1 Å². The van der Waals surface area contributed by atoms with Gasteiger partial charge in [0.15, 0.2) is 0 Å². The molecular formula is C17H21F2N3OS. The molecule has 4 rings (SSSR count). The fourth-order valence-corrected chi connectivity index (χ4v) is 6.45. The van der Waals surface area contributed by atoms with Gasteiger partial charge in [-0.25, -0.2) is 8.78 Å². The van der Waals surface area contributed by atoms with E-state index in [4.69, 9.17) is 0 Å². The summed E-state index contributed by atoms with van der Waals surface area (Å²) in [5.74, 6) is 1.32. The van der Waals surface area contributed by atoms with Crippen molar-refractivity contribution in [3.63, 3.8) is 0 Å². The SMILES string of the molecule is Cn1cc(C(=O)NC23CCC(C4=CSCC42)C3(C)C)c(C(F)F)n1. The van der Waals surface area contributed by atoms with Crippen molar-refractivity contribution in [2.24, 2.45) is 24.3 Å². The summed E-state index contributed by atoms with van der Waals surface area (Å²) in [5, 5.41) is 9.20. The molecule has 4 nitrogen and oxygen atoms in total. The van der Waals surface area contributed by atoms with E-state index in [1.54, 1.807) is 18.8 Å². The number of halogens is 2. The van der Waals surface area contributed by atoms with Crippen LogP contribution in [0.2, 0.25) is 0 Å². The van der Waals surface area contributed by atoms with Crippen molar-refractivity contribution >= 4 is 17.7 Å². The second kappa shape index (κ2) is 5.07. The standard InChI is InChI=1S/C17H21F2N3OS/c1-16(2)11-4-5-17(16,12-8-24-7-10(11)12)20-15(23)9-6-22(3)21-13(9)14(18)19/h6-7,11-12,14H,4-5,8H2,1-3H3,(H,20,23). The number of rotatable bonds is 3. The van der Waals surface area contributed by atoms with E-state index in [-0.39, 0.29) is 16.5 Å². The average Bonchev–Trinajstić information content (AvgIpc) is 3.20. The molecule has 1 aromatic heterocycles. The van der Waals surface area contributed by atoms with Crippen molar-refractivity contribution in [1.82, 2.24) is 15.1 Å². The van der Waals surface area contributed by atoms with Gasteiger partial charge in [0.1, 0.15) is 5.69 Å². The van der Waals surface area contributed by atoms with E-state index in [0.717, 1.165) is 18.6 Å². The lowest BCUT2D eigenvalue weighted by molar-refractivity contribution is 0.0762. The van der Waals surface area contributed by atoms with Crippen LogP contribution in [0.25, 0.3) is 0 Å². The van der Waals surface area contributed by atoms with Gasteiger partial charge < -0.3 is 5.32 Å². The summed E-state index contributed by atoms with van der Waals surface area (Å²) in [6.07, 6.45) is 0.589. The number of carbonyl (C=O) groups excluding carboxylic acids is 1. The summed E-state index contributed by atoms with van der Waals surface area (Å²) < 4.78 is 27.7. The van der Waals surface area contributed by atoms with Gasteiger partial charge in [-0.05, 0) is 29.6 Å². The highest BCUT2D eigenvalue weighted by atomic mass is 32.2. The van der Waals surface area contributed by atoms with Crippen LogP contribution in [0.15, 0.2) is 17.2 Å². The summed E-state index contributed by atoms with van der Waals surface area (Å²) in [5.41, 5.74) is 0.585. The summed E-state index contributed by atoms with van der Waals surface area (Å²) in [4.78, 5) is 12.9.